The smallest absolute Gasteiger partial charge is 0.433 e. The number of aromatic nitrogens is 1. The SMILES string of the molecule is COC(=O)Cc1nc(C(F)(F)F)cc(N)c1C(F)F. The molecule has 0 unspecified atom stereocenters. The Kier molecular flexibility index (Phi) is 4.28. The quantitative estimate of drug-likeness (QED) is 0.683. The average Bonchev–Trinajstić information content (AvgIpc) is 2.26. The molecule has 0 fully saturated rings. The van der Waals surface area contributed by atoms with Crippen molar-refractivity contribution in [2.24, 2.45) is 0 Å². The number of carbonyl (C=O) groups is 1. The van der Waals surface area contributed by atoms with Gasteiger partial charge in [0, 0.05) is 5.69 Å². The molecule has 19 heavy (non-hydrogen) atoms. The molecule has 0 atom stereocenters. The van der Waals surface area contributed by atoms with Gasteiger partial charge in [0.2, 0.25) is 0 Å². The Morgan fingerprint density at radius 3 is 2.47 bits per heavy atom. The van der Waals surface area contributed by atoms with E-state index >= 15 is 0 Å². The molecule has 1 aromatic rings. The summed E-state index contributed by atoms with van der Waals surface area (Å²) in [6, 6.07) is 0.308. The molecule has 106 valence electrons. The molecule has 0 aliphatic rings. The topological polar surface area (TPSA) is 65.2 Å². The molecule has 0 bridgehead atoms. The van der Waals surface area contributed by atoms with Crippen molar-refractivity contribution in [3.63, 3.8) is 0 Å². The Morgan fingerprint density at radius 1 is 1.47 bits per heavy atom. The molecule has 0 radical (unpaired) electrons. The number of esters is 1. The van der Waals surface area contributed by atoms with Crippen LogP contribution < -0.4 is 5.73 Å². The van der Waals surface area contributed by atoms with E-state index in [2.05, 4.69) is 9.72 Å². The minimum Gasteiger partial charge on any atom is -0.469 e. The zero-order valence-corrected chi connectivity index (χ0v) is 9.59. The predicted molar refractivity (Wildman–Crippen MR) is 54.3 cm³/mol. The molecule has 1 rings (SSSR count). The number of nitrogens with two attached hydrogens (primary N) is 1. The number of anilines is 1. The first kappa shape index (κ1) is 15.1. The first-order valence-corrected chi connectivity index (χ1v) is 4.88. The van der Waals surface area contributed by atoms with Crippen molar-refractivity contribution in [2.45, 2.75) is 19.0 Å². The highest BCUT2D eigenvalue weighted by Crippen LogP contribution is 2.34. The van der Waals surface area contributed by atoms with Gasteiger partial charge in [-0.25, -0.2) is 13.8 Å². The summed E-state index contributed by atoms with van der Waals surface area (Å²) in [7, 11) is 0.974. The minimum absolute atomic E-state index is 0.308. The maximum Gasteiger partial charge on any atom is 0.433 e. The normalized spacial score (nSPS) is 11.7. The summed E-state index contributed by atoms with van der Waals surface area (Å²) in [6.45, 7) is 0. The summed E-state index contributed by atoms with van der Waals surface area (Å²) in [4.78, 5) is 14.0. The van der Waals surface area contributed by atoms with E-state index in [-0.39, 0.29) is 0 Å². The molecule has 0 amide bonds. The zero-order chi connectivity index (χ0) is 14.8. The summed E-state index contributed by atoms with van der Waals surface area (Å²) in [5.41, 5.74) is 1.33. The van der Waals surface area contributed by atoms with Crippen LogP contribution in [-0.4, -0.2) is 18.1 Å². The van der Waals surface area contributed by atoms with Crippen LogP contribution in [0.4, 0.5) is 27.6 Å². The van der Waals surface area contributed by atoms with Gasteiger partial charge < -0.3 is 10.5 Å². The second-order valence-electron chi connectivity index (χ2n) is 3.51. The fourth-order valence-corrected chi connectivity index (χ4v) is 1.37. The molecule has 0 spiro atoms. The van der Waals surface area contributed by atoms with E-state index in [9.17, 15) is 26.7 Å². The highest BCUT2D eigenvalue weighted by atomic mass is 19.4. The number of carbonyl (C=O) groups excluding carboxylic acids is 1. The zero-order valence-electron chi connectivity index (χ0n) is 9.59. The van der Waals surface area contributed by atoms with Crippen molar-refractivity contribution in [3.05, 3.63) is 23.0 Å². The predicted octanol–water partition coefficient (Wildman–Crippen LogP) is 2.34. The van der Waals surface area contributed by atoms with E-state index in [4.69, 9.17) is 5.73 Å². The molecule has 4 nitrogen and oxygen atoms in total. The molecule has 0 aliphatic carbocycles. The van der Waals surface area contributed by atoms with E-state index in [1.807, 2.05) is 0 Å². The van der Waals surface area contributed by atoms with Gasteiger partial charge in [-0.3, -0.25) is 4.79 Å². The molecule has 0 saturated heterocycles. The Morgan fingerprint density at radius 2 is 2.05 bits per heavy atom. The number of hydrogen-bond donors (Lipinski definition) is 1. The van der Waals surface area contributed by atoms with E-state index in [0.29, 0.717) is 6.07 Å². The lowest BCUT2D eigenvalue weighted by Gasteiger charge is -2.14. The van der Waals surface area contributed by atoms with Crippen molar-refractivity contribution in [2.75, 3.05) is 12.8 Å². The highest BCUT2D eigenvalue weighted by Gasteiger charge is 2.35. The number of nitrogens with zero attached hydrogens (tertiary/aromatic N) is 1. The van der Waals surface area contributed by atoms with Crippen LogP contribution in [0.3, 0.4) is 0 Å². The molecule has 2 N–H and O–H groups in total. The van der Waals surface area contributed by atoms with E-state index in [1.165, 1.54) is 0 Å². The van der Waals surface area contributed by atoms with Crippen LogP contribution in [0.15, 0.2) is 6.07 Å². The Hall–Kier alpha value is -1.93. The van der Waals surface area contributed by atoms with Crippen molar-refractivity contribution in [3.8, 4) is 0 Å². The van der Waals surface area contributed by atoms with Crippen LogP contribution in [0.5, 0.6) is 0 Å². The molecule has 1 heterocycles. The standard InChI is InChI=1S/C10H9F5N2O2/c1-19-7(18)3-5-8(9(11)12)4(16)2-6(17-5)10(13,14)15/h2,9H,3H2,1H3,(H2,16,17). The van der Waals surface area contributed by atoms with Gasteiger partial charge in [-0.05, 0) is 6.07 Å². The van der Waals surface area contributed by atoms with Gasteiger partial charge >= 0.3 is 12.1 Å². The summed E-state index contributed by atoms with van der Waals surface area (Å²) < 4.78 is 67.1. The van der Waals surface area contributed by atoms with Gasteiger partial charge in [0.1, 0.15) is 5.69 Å². The molecular formula is C10H9F5N2O2. The van der Waals surface area contributed by atoms with Crippen molar-refractivity contribution in [1.29, 1.82) is 0 Å². The number of ether oxygens (including phenoxy) is 1. The summed E-state index contributed by atoms with van der Waals surface area (Å²) >= 11 is 0. The Bertz CT molecular complexity index is 488. The van der Waals surface area contributed by atoms with Crippen LogP contribution in [0.25, 0.3) is 0 Å². The van der Waals surface area contributed by atoms with Crippen LogP contribution in [-0.2, 0) is 22.1 Å². The third-order valence-corrected chi connectivity index (χ3v) is 2.22. The number of rotatable bonds is 3. The first-order valence-electron chi connectivity index (χ1n) is 4.88. The highest BCUT2D eigenvalue weighted by molar-refractivity contribution is 5.73. The van der Waals surface area contributed by atoms with Gasteiger partial charge in [-0.15, -0.1) is 0 Å². The van der Waals surface area contributed by atoms with Crippen molar-refractivity contribution >= 4 is 11.7 Å². The van der Waals surface area contributed by atoms with Gasteiger partial charge in [0.15, 0.2) is 0 Å². The molecule has 0 saturated carbocycles. The monoisotopic (exact) mass is 284 g/mol. The lowest BCUT2D eigenvalue weighted by molar-refractivity contribution is -0.142. The first-order chi connectivity index (χ1) is 8.66. The van der Waals surface area contributed by atoms with E-state index in [1.54, 1.807) is 0 Å². The van der Waals surface area contributed by atoms with Gasteiger partial charge in [0.25, 0.3) is 6.43 Å². The maximum atomic E-state index is 12.7. The number of alkyl halides is 5. The number of halogens is 5. The van der Waals surface area contributed by atoms with Gasteiger partial charge in [-0.1, -0.05) is 0 Å². The number of pyridine rings is 1. The molecule has 0 aliphatic heterocycles. The summed E-state index contributed by atoms with van der Waals surface area (Å²) in [5.74, 6) is -0.992. The van der Waals surface area contributed by atoms with Gasteiger partial charge in [-0.2, -0.15) is 13.2 Å². The van der Waals surface area contributed by atoms with Crippen LogP contribution in [0, 0.1) is 0 Å². The summed E-state index contributed by atoms with van der Waals surface area (Å²) in [6.07, 6.45) is -8.81. The molecule has 9 heteroatoms. The lowest BCUT2D eigenvalue weighted by Crippen LogP contribution is -2.16. The van der Waals surface area contributed by atoms with Crippen molar-refractivity contribution in [1.82, 2.24) is 4.98 Å². The summed E-state index contributed by atoms with van der Waals surface area (Å²) in [5, 5.41) is 0. The number of nitrogen functional groups attached to an aromatic ring is 1. The molecular weight excluding hydrogens is 275 g/mol. The Balaban J connectivity index is 3.37. The second kappa shape index (κ2) is 5.37. The fourth-order valence-electron chi connectivity index (χ4n) is 1.37. The van der Waals surface area contributed by atoms with E-state index < -0.39 is 47.6 Å². The third kappa shape index (κ3) is 3.52. The van der Waals surface area contributed by atoms with Gasteiger partial charge in [0.05, 0.1) is 24.8 Å². The largest absolute Gasteiger partial charge is 0.469 e. The fraction of sp³-hybridized carbons (Fsp3) is 0.400. The second-order valence-corrected chi connectivity index (χ2v) is 3.51. The molecule has 0 aromatic carbocycles. The van der Waals surface area contributed by atoms with Crippen LogP contribution >= 0.6 is 0 Å². The van der Waals surface area contributed by atoms with Crippen LogP contribution in [0.2, 0.25) is 0 Å². The van der Waals surface area contributed by atoms with Crippen molar-refractivity contribution < 1.29 is 31.5 Å². The number of hydrogen-bond acceptors (Lipinski definition) is 4. The third-order valence-electron chi connectivity index (χ3n) is 2.22. The van der Waals surface area contributed by atoms with Crippen LogP contribution in [0.1, 0.15) is 23.4 Å². The minimum atomic E-state index is -4.85. The van der Waals surface area contributed by atoms with E-state index in [0.717, 1.165) is 7.11 Å². The average molecular weight is 284 g/mol. The molecule has 1 aromatic heterocycles. The maximum absolute atomic E-state index is 12.7. The Labute approximate surface area is 104 Å². The lowest BCUT2D eigenvalue weighted by atomic mass is 10.1. The number of methoxy groups -OCH3 is 1.